The summed E-state index contributed by atoms with van der Waals surface area (Å²) in [5, 5.41) is 29.1. The van der Waals surface area contributed by atoms with Crippen LogP contribution >= 0.6 is 0 Å². The third-order valence-corrected chi connectivity index (χ3v) is 3.97. The molecule has 110 valence electrons. The number of rotatable bonds is 4. The summed E-state index contributed by atoms with van der Waals surface area (Å²) in [6, 6.07) is 4.38. The standard InChI is InChI=1S/C13H14N4O4/c1-2-13(12(18)19)5-6-16(8-13)11-4-3-10(17(20)21)9(7-14)15-11/h3-4H,2,5-6,8H2,1H3,(H,18,19). The molecule has 21 heavy (non-hydrogen) atoms. The van der Waals surface area contributed by atoms with E-state index in [9.17, 15) is 20.0 Å². The van der Waals surface area contributed by atoms with Crippen molar-refractivity contribution in [3.63, 3.8) is 0 Å². The van der Waals surface area contributed by atoms with E-state index in [0.717, 1.165) is 0 Å². The molecule has 1 atom stereocenters. The molecule has 1 unspecified atom stereocenters. The number of hydrogen-bond donors (Lipinski definition) is 1. The summed E-state index contributed by atoms with van der Waals surface area (Å²) in [6.07, 6.45) is 0.982. The second-order valence-corrected chi connectivity index (χ2v) is 5.02. The lowest BCUT2D eigenvalue weighted by molar-refractivity contribution is -0.385. The highest BCUT2D eigenvalue weighted by molar-refractivity contribution is 5.76. The number of nitro groups is 1. The summed E-state index contributed by atoms with van der Waals surface area (Å²) in [4.78, 5) is 27.3. The Morgan fingerprint density at radius 2 is 2.38 bits per heavy atom. The fourth-order valence-electron chi connectivity index (χ4n) is 2.53. The van der Waals surface area contributed by atoms with Crippen molar-refractivity contribution in [3.05, 3.63) is 27.9 Å². The van der Waals surface area contributed by atoms with E-state index in [4.69, 9.17) is 5.26 Å². The molecule has 1 aromatic rings. The highest BCUT2D eigenvalue weighted by atomic mass is 16.6. The van der Waals surface area contributed by atoms with Gasteiger partial charge < -0.3 is 10.0 Å². The number of nitrogens with zero attached hydrogens (tertiary/aromatic N) is 4. The first-order valence-electron chi connectivity index (χ1n) is 6.47. The second kappa shape index (κ2) is 5.36. The van der Waals surface area contributed by atoms with Gasteiger partial charge in [-0.15, -0.1) is 0 Å². The van der Waals surface area contributed by atoms with Crippen molar-refractivity contribution in [2.24, 2.45) is 5.41 Å². The number of anilines is 1. The van der Waals surface area contributed by atoms with E-state index in [2.05, 4.69) is 4.98 Å². The SMILES string of the molecule is CCC1(C(=O)O)CCN(c2ccc([N+](=O)[O-])c(C#N)n2)C1. The predicted molar refractivity (Wildman–Crippen MR) is 72.8 cm³/mol. The zero-order chi connectivity index (χ0) is 15.6. The fraction of sp³-hybridized carbons (Fsp3) is 0.462. The van der Waals surface area contributed by atoms with Gasteiger partial charge >= 0.3 is 11.7 Å². The van der Waals surface area contributed by atoms with E-state index < -0.39 is 16.3 Å². The summed E-state index contributed by atoms with van der Waals surface area (Å²) in [5.41, 5.74) is -1.43. The number of nitriles is 1. The van der Waals surface area contributed by atoms with Gasteiger partial charge in [-0.25, -0.2) is 4.98 Å². The first-order valence-corrected chi connectivity index (χ1v) is 6.47. The van der Waals surface area contributed by atoms with Gasteiger partial charge in [0.2, 0.25) is 5.69 Å². The van der Waals surface area contributed by atoms with E-state index in [1.54, 1.807) is 11.0 Å². The van der Waals surface area contributed by atoms with Gasteiger partial charge in [0.25, 0.3) is 0 Å². The molecule has 1 fully saturated rings. The van der Waals surface area contributed by atoms with Crippen LogP contribution in [0.25, 0.3) is 0 Å². The van der Waals surface area contributed by atoms with E-state index in [1.165, 1.54) is 12.1 Å². The summed E-state index contributed by atoms with van der Waals surface area (Å²) in [7, 11) is 0. The van der Waals surface area contributed by atoms with Gasteiger partial charge in [-0.1, -0.05) is 6.92 Å². The normalized spacial score (nSPS) is 21.0. The van der Waals surface area contributed by atoms with Gasteiger partial charge in [-0.05, 0) is 18.9 Å². The van der Waals surface area contributed by atoms with Crippen molar-refractivity contribution in [1.82, 2.24) is 4.98 Å². The Morgan fingerprint density at radius 3 is 2.86 bits per heavy atom. The molecule has 1 aliphatic heterocycles. The largest absolute Gasteiger partial charge is 0.481 e. The van der Waals surface area contributed by atoms with Crippen LogP contribution in [0.5, 0.6) is 0 Å². The van der Waals surface area contributed by atoms with Crippen LogP contribution in [0.15, 0.2) is 12.1 Å². The summed E-state index contributed by atoms with van der Waals surface area (Å²) >= 11 is 0. The highest BCUT2D eigenvalue weighted by Gasteiger charge is 2.43. The molecule has 2 heterocycles. The lowest BCUT2D eigenvalue weighted by Crippen LogP contribution is -2.34. The fourth-order valence-corrected chi connectivity index (χ4v) is 2.53. The average Bonchev–Trinajstić information content (AvgIpc) is 2.92. The molecule has 0 saturated carbocycles. The molecule has 0 aromatic carbocycles. The van der Waals surface area contributed by atoms with E-state index in [1.807, 2.05) is 6.92 Å². The van der Waals surface area contributed by atoms with Gasteiger partial charge in [0.05, 0.1) is 10.3 Å². The Kier molecular flexibility index (Phi) is 3.76. The van der Waals surface area contributed by atoms with E-state index >= 15 is 0 Å². The number of pyridine rings is 1. The third-order valence-electron chi connectivity index (χ3n) is 3.97. The summed E-state index contributed by atoms with van der Waals surface area (Å²) in [5.74, 6) is -0.455. The number of carboxylic acids is 1. The van der Waals surface area contributed by atoms with Crippen molar-refractivity contribution in [2.75, 3.05) is 18.0 Å². The Bertz CT molecular complexity index is 640. The minimum Gasteiger partial charge on any atom is -0.481 e. The maximum Gasteiger partial charge on any atom is 0.311 e. The van der Waals surface area contributed by atoms with Crippen LogP contribution in [0, 0.1) is 26.9 Å². The minimum atomic E-state index is -0.852. The summed E-state index contributed by atoms with van der Waals surface area (Å²) in [6.45, 7) is 2.60. The lowest BCUT2D eigenvalue weighted by atomic mass is 9.84. The van der Waals surface area contributed by atoms with Gasteiger partial charge in [-0.3, -0.25) is 14.9 Å². The van der Waals surface area contributed by atoms with Crippen LogP contribution < -0.4 is 4.90 Å². The number of aromatic nitrogens is 1. The number of aliphatic carboxylic acids is 1. The molecule has 1 aromatic heterocycles. The molecule has 8 nitrogen and oxygen atoms in total. The van der Waals surface area contributed by atoms with Gasteiger partial charge in [0.15, 0.2) is 0 Å². The highest BCUT2D eigenvalue weighted by Crippen LogP contribution is 2.36. The quantitative estimate of drug-likeness (QED) is 0.659. The monoisotopic (exact) mass is 290 g/mol. The summed E-state index contributed by atoms with van der Waals surface area (Å²) < 4.78 is 0. The Morgan fingerprint density at radius 1 is 1.67 bits per heavy atom. The van der Waals surface area contributed by atoms with E-state index in [0.29, 0.717) is 25.2 Å². The number of hydrogen-bond acceptors (Lipinski definition) is 6. The zero-order valence-corrected chi connectivity index (χ0v) is 11.4. The molecular weight excluding hydrogens is 276 g/mol. The predicted octanol–water partition coefficient (Wildman–Crippen LogP) is 1.55. The third kappa shape index (κ3) is 2.50. The molecule has 0 radical (unpaired) electrons. The molecule has 8 heteroatoms. The average molecular weight is 290 g/mol. The topological polar surface area (TPSA) is 120 Å². The van der Waals surface area contributed by atoms with Gasteiger partial charge in [0.1, 0.15) is 11.9 Å². The first kappa shape index (κ1) is 14.7. The van der Waals surface area contributed by atoms with Crippen LogP contribution in [0.4, 0.5) is 11.5 Å². The van der Waals surface area contributed by atoms with Crippen LogP contribution in [-0.2, 0) is 4.79 Å². The number of carbonyl (C=O) groups is 1. The molecule has 0 amide bonds. The van der Waals surface area contributed by atoms with Crippen molar-refractivity contribution in [1.29, 1.82) is 5.26 Å². The molecule has 1 N–H and O–H groups in total. The lowest BCUT2D eigenvalue weighted by Gasteiger charge is -2.23. The van der Waals surface area contributed by atoms with Crippen molar-refractivity contribution >= 4 is 17.5 Å². The Hall–Kier alpha value is -2.69. The maximum atomic E-state index is 11.4. The van der Waals surface area contributed by atoms with Crippen LogP contribution in [0.2, 0.25) is 0 Å². The molecule has 1 saturated heterocycles. The van der Waals surface area contributed by atoms with Gasteiger partial charge in [-0.2, -0.15) is 5.26 Å². The molecule has 0 spiro atoms. The smallest absolute Gasteiger partial charge is 0.311 e. The molecule has 2 rings (SSSR count). The molecule has 0 bridgehead atoms. The van der Waals surface area contributed by atoms with Crippen LogP contribution in [0.1, 0.15) is 25.5 Å². The molecule has 1 aliphatic rings. The molecular formula is C13H14N4O4. The Labute approximate surface area is 120 Å². The van der Waals surface area contributed by atoms with Gasteiger partial charge in [0, 0.05) is 19.2 Å². The first-order chi connectivity index (χ1) is 9.93. The Balaban J connectivity index is 2.31. The van der Waals surface area contributed by atoms with E-state index in [-0.39, 0.29) is 17.9 Å². The van der Waals surface area contributed by atoms with Crippen LogP contribution in [0.3, 0.4) is 0 Å². The molecule has 0 aliphatic carbocycles. The van der Waals surface area contributed by atoms with Crippen molar-refractivity contribution in [2.45, 2.75) is 19.8 Å². The minimum absolute atomic E-state index is 0.262. The van der Waals surface area contributed by atoms with Crippen molar-refractivity contribution < 1.29 is 14.8 Å². The second-order valence-electron chi connectivity index (χ2n) is 5.02. The van der Waals surface area contributed by atoms with Crippen molar-refractivity contribution in [3.8, 4) is 6.07 Å². The maximum absolute atomic E-state index is 11.4. The van der Waals surface area contributed by atoms with Crippen LogP contribution in [-0.4, -0.2) is 34.1 Å². The zero-order valence-electron chi connectivity index (χ0n) is 11.4. The number of carboxylic acid groups (broad SMARTS) is 1.